The molecule has 0 aliphatic rings. The van der Waals surface area contributed by atoms with Crippen molar-refractivity contribution in [3.63, 3.8) is 0 Å². The van der Waals surface area contributed by atoms with Crippen LogP contribution in [0.25, 0.3) is 0 Å². The summed E-state index contributed by atoms with van der Waals surface area (Å²) in [6.07, 6.45) is 1.71. The molecule has 2 nitrogen and oxygen atoms in total. The van der Waals surface area contributed by atoms with Crippen LogP contribution in [0.4, 0.5) is 4.39 Å². The molecule has 5 heteroatoms. The van der Waals surface area contributed by atoms with Gasteiger partial charge in [-0.25, -0.2) is 4.39 Å². The minimum atomic E-state index is -0.238. The van der Waals surface area contributed by atoms with E-state index >= 15 is 0 Å². The number of rotatable bonds is 5. The van der Waals surface area contributed by atoms with Gasteiger partial charge in [-0.2, -0.15) is 0 Å². The Bertz CT molecular complexity index is 556. The highest BCUT2D eigenvalue weighted by atomic mass is 79.9. The molecule has 0 amide bonds. The molecule has 0 aliphatic heterocycles. The molecule has 0 saturated carbocycles. The van der Waals surface area contributed by atoms with E-state index in [0.29, 0.717) is 0 Å². The third-order valence-electron chi connectivity index (χ3n) is 3.12. The molecule has 3 N–H and O–H groups in total. The first kappa shape index (κ1) is 14.7. The monoisotopic (exact) mass is 342 g/mol. The lowest BCUT2D eigenvalue weighted by Gasteiger charge is -2.17. The third kappa shape index (κ3) is 3.42. The van der Waals surface area contributed by atoms with Gasteiger partial charge in [0.2, 0.25) is 0 Å². The van der Waals surface area contributed by atoms with Gasteiger partial charge in [-0.3, -0.25) is 11.3 Å². The summed E-state index contributed by atoms with van der Waals surface area (Å²) in [5.41, 5.74) is 5.22. The maximum absolute atomic E-state index is 13.1. The minimum absolute atomic E-state index is 0.0525. The lowest BCUT2D eigenvalue weighted by Crippen LogP contribution is -2.29. The average Bonchev–Trinajstić information content (AvgIpc) is 2.86. The number of nitrogens with two attached hydrogens (primary N) is 1. The van der Waals surface area contributed by atoms with Crippen molar-refractivity contribution < 1.29 is 4.39 Å². The number of hydrogen-bond acceptors (Lipinski definition) is 3. The molecule has 2 rings (SSSR count). The quantitative estimate of drug-likeness (QED) is 0.637. The van der Waals surface area contributed by atoms with Gasteiger partial charge < -0.3 is 0 Å². The van der Waals surface area contributed by atoms with Crippen molar-refractivity contribution in [3.05, 3.63) is 55.9 Å². The van der Waals surface area contributed by atoms with Crippen molar-refractivity contribution in [1.29, 1.82) is 0 Å². The smallest absolute Gasteiger partial charge is 0.124 e. The zero-order valence-electron chi connectivity index (χ0n) is 10.6. The molecule has 0 saturated heterocycles. The number of halogens is 2. The van der Waals surface area contributed by atoms with Crippen LogP contribution in [0.5, 0.6) is 0 Å². The first-order valence-electron chi connectivity index (χ1n) is 6.12. The van der Waals surface area contributed by atoms with Crippen molar-refractivity contribution >= 4 is 27.3 Å². The molecule has 0 fully saturated rings. The highest BCUT2D eigenvalue weighted by Crippen LogP contribution is 2.29. The van der Waals surface area contributed by atoms with Crippen LogP contribution in [-0.2, 0) is 12.8 Å². The standard InChI is InChI=1S/C14H16BrFN2S/c1-2-9-5-6-19-14(9)13(18-17)7-10-3-4-11(16)8-12(10)15/h3-6,8,13,18H,2,7,17H2,1H3. The molecule has 0 radical (unpaired) electrons. The van der Waals surface area contributed by atoms with Gasteiger partial charge in [0.15, 0.2) is 0 Å². The molecule has 1 unspecified atom stereocenters. The van der Waals surface area contributed by atoms with Gasteiger partial charge in [-0.05, 0) is 47.5 Å². The Kier molecular flexibility index (Phi) is 5.10. The van der Waals surface area contributed by atoms with Crippen LogP contribution in [0.3, 0.4) is 0 Å². The number of hydrazine groups is 1. The van der Waals surface area contributed by atoms with Gasteiger partial charge in [0.1, 0.15) is 5.82 Å². The van der Waals surface area contributed by atoms with Crippen LogP contribution in [0.2, 0.25) is 0 Å². The fourth-order valence-electron chi connectivity index (χ4n) is 2.08. The van der Waals surface area contributed by atoms with E-state index in [1.165, 1.54) is 22.6 Å². The third-order valence-corrected chi connectivity index (χ3v) is 4.93. The molecule has 0 aliphatic carbocycles. The number of hydrogen-bond donors (Lipinski definition) is 2. The van der Waals surface area contributed by atoms with Crippen LogP contribution < -0.4 is 11.3 Å². The molecule has 1 atom stereocenters. The lowest BCUT2D eigenvalue weighted by atomic mass is 10.0. The largest absolute Gasteiger partial charge is 0.271 e. The second-order valence-corrected chi connectivity index (χ2v) is 6.12. The Labute approximate surface area is 124 Å². The summed E-state index contributed by atoms with van der Waals surface area (Å²) in [4.78, 5) is 1.25. The summed E-state index contributed by atoms with van der Waals surface area (Å²) in [6, 6.07) is 6.94. The topological polar surface area (TPSA) is 38.0 Å². The van der Waals surface area contributed by atoms with Crippen molar-refractivity contribution in [1.82, 2.24) is 5.43 Å². The molecule has 0 spiro atoms. The number of aryl methyl sites for hydroxylation is 1. The maximum Gasteiger partial charge on any atom is 0.124 e. The zero-order chi connectivity index (χ0) is 13.8. The zero-order valence-corrected chi connectivity index (χ0v) is 13.0. The summed E-state index contributed by atoms with van der Waals surface area (Å²) in [6.45, 7) is 2.13. The Morgan fingerprint density at radius 1 is 1.37 bits per heavy atom. The first-order chi connectivity index (χ1) is 9.15. The molecule has 1 heterocycles. The highest BCUT2D eigenvalue weighted by molar-refractivity contribution is 9.10. The van der Waals surface area contributed by atoms with Crippen LogP contribution in [-0.4, -0.2) is 0 Å². The average molecular weight is 343 g/mol. The fourth-order valence-corrected chi connectivity index (χ4v) is 3.65. The Balaban J connectivity index is 2.24. The van der Waals surface area contributed by atoms with Gasteiger partial charge in [0.05, 0.1) is 6.04 Å². The molecular weight excluding hydrogens is 327 g/mol. The predicted molar refractivity (Wildman–Crippen MR) is 81.6 cm³/mol. The molecule has 1 aromatic heterocycles. The van der Waals surface area contributed by atoms with Crippen LogP contribution in [0, 0.1) is 5.82 Å². The van der Waals surface area contributed by atoms with Crippen molar-refractivity contribution in [2.75, 3.05) is 0 Å². The molecule has 102 valence electrons. The van der Waals surface area contributed by atoms with E-state index in [9.17, 15) is 4.39 Å². The van der Waals surface area contributed by atoms with E-state index in [2.05, 4.69) is 39.7 Å². The van der Waals surface area contributed by atoms with Crippen molar-refractivity contribution in [2.45, 2.75) is 25.8 Å². The fraction of sp³-hybridized carbons (Fsp3) is 0.286. The predicted octanol–water partition coefficient (Wildman–Crippen LogP) is 3.96. The summed E-state index contributed by atoms with van der Waals surface area (Å²) in [7, 11) is 0. The summed E-state index contributed by atoms with van der Waals surface area (Å²) < 4.78 is 13.9. The highest BCUT2D eigenvalue weighted by Gasteiger charge is 2.16. The molecule has 1 aromatic carbocycles. The van der Waals surface area contributed by atoms with Gasteiger partial charge in [-0.15, -0.1) is 11.3 Å². The van der Waals surface area contributed by atoms with E-state index < -0.39 is 0 Å². The van der Waals surface area contributed by atoms with E-state index in [0.717, 1.165) is 22.9 Å². The summed E-state index contributed by atoms with van der Waals surface area (Å²) in [5, 5.41) is 2.08. The summed E-state index contributed by atoms with van der Waals surface area (Å²) in [5.74, 6) is 5.44. The SMILES string of the molecule is CCc1ccsc1C(Cc1ccc(F)cc1Br)NN. The maximum atomic E-state index is 13.1. The second kappa shape index (κ2) is 6.61. The van der Waals surface area contributed by atoms with E-state index in [1.54, 1.807) is 17.4 Å². The molecule has 2 aromatic rings. The van der Waals surface area contributed by atoms with Gasteiger partial charge in [-0.1, -0.05) is 28.9 Å². The number of nitrogens with one attached hydrogen (secondary N) is 1. The number of thiophene rings is 1. The Morgan fingerprint density at radius 3 is 2.79 bits per heavy atom. The van der Waals surface area contributed by atoms with Crippen molar-refractivity contribution in [3.8, 4) is 0 Å². The van der Waals surface area contributed by atoms with Gasteiger partial charge in [0.25, 0.3) is 0 Å². The van der Waals surface area contributed by atoms with Gasteiger partial charge in [0, 0.05) is 9.35 Å². The lowest BCUT2D eigenvalue weighted by molar-refractivity contribution is 0.554. The first-order valence-corrected chi connectivity index (χ1v) is 7.79. The Morgan fingerprint density at radius 2 is 2.16 bits per heavy atom. The van der Waals surface area contributed by atoms with Crippen LogP contribution in [0.15, 0.2) is 34.1 Å². The molecule has 19 heavy (non-hydrogen) atoms. The van der Waals surface area contributed by atoms with Gasteiger partial charge >= 0.3 is 0 Å². The second-order valence-electron chi connectivity index (χ2n) is 4.32. The van der Waals surface area contributed by atoms with Crippen LogP contribution >= 0.6 is 27.3 Å². The Hall–Kier alpha value is -0.750. The van der Waals surface area contributed by atoms with E-state index in [-0.39, 0.29) is 11.9 Å². The van der Waals surface area contributed by atoms with Crippen LogP contribution in [0.1, 0.15) is 29.0 Å². The molecular formula is C14H16BrFN2S. The summed E-state index contributed by atoms with van der Waals surface area (Å²) >= 11 is 5.10. The molecule has 0 bridgehead atoms. The van der Waals surface area contributed by atoms with E-state index in [4.69, 9.17) is 5.84 Å². The minimum Gasteiger partial charge on any atom is -0.271 e. The van der Waals surface area contributed by atoms with Crippen molar-refractivity contribution in [2.24, 2.45) is 5.84 Å². The normalized spacial score (nSPS) is 12.6. The van der Waals surface area contributed by atoms with E-state index in [1.807, 2.05) is 0 Å². The number of benzene rings is 1.